The number of aromatic nitrogens is 1. The molecule has 0 aliphatic carbocycles. The van der Waals surface area contributed by atoms with Crippen LogP contribution in [0.3, 0.4) is 0 Å². The van der Waals surface area contributed by atoms with Crippen molar-refractivity contribution in [3.05, 3.63) is 40.4 Å². The average Bonchev–Trinajstić information content (AvgIpc) is 2.93. The van der Waals surface area contributed by atoms with E-state index in [1.165, 1.54) is 0 Å². The fourth-order valence-corrected chi connectivity index (χ4v) is 3.76. The molecule has 128 valence electrons. The van der Waals surface area contributed by atoms with E-state index in [0.29, 0.717) is 27.9 Å². The van der Waals surface area contributed by atoms with Crippen molar-refractivity contribution in [1.29, 1.82) is 0 Å². The monoisotopic (exact) mass is 364 g/mol. The predicted octanol–water partition coefficient (Wildman–Crippen LogP) is 4.38. The number of hydrogen-bond donors (Lipinski definition) is 1. The zero-order valence-electron chi connectivity index (χ0n) is 13.9. The number of nitrogens with one attached hydrogen (secondary N) is 1. The van der Waals surface area contributed by atoms with Crippen LogP contribution in [0.4, 0.5) is 5.13 Å². The molecule has 1 N–H and O–H groups in total. The zero-order chi connectivity index (χ0) is 17.5. The molecule has 1 aromatic heterocycles. The van der Waals surface area contributed by atoms with E-state index in [-0.39, 0.29) is 5.91 Å². The SMILES string of the molecule is CCCSc1ccccc1C(=O)Nc1nc(C)c(C(=O)OCC)s1. The van der Waals surface area contributed by atoms with Crippen molar-refractivity contribution in [2.75, 3.05) is 17.7 Å². The zero-order valence-corrected chi connectivity index (χ0v) is 15.6. The molecule has 5 nitrogen and oxygen atoms in total. The van der Waals surface area contributed by atoms with Gasteiger partial charge >= 0.3 is 5.97 Å². The van der Waals surface area contributed by atoms with Gasteiger partial charge in [0.1, 0.15) is 4.88 Å². The molecule has 0 fully saturated rings. The molecule has 0 aliphatic heterocycles. The Morgan fingerprint density at radius 1 is 1.29 bits per heavy atom. The number of thioether (sulfide) groups is 1. The van der Waals surface area contributed by atoms with E-state index in [4.69, 9.17) is 4.74 Å². The van der Waals surface area contributed by atoms with E-state index >= 15 is 0 Å². The highest BCUT2D eigenvalue weighted by Gasteiger charge is 2.19. The number of carbonyl (C=O) groups excluding carboxylic acids is 2. The number of hydrogen-bond acceptors (Lipinski definition) is 6. The van der Waals surface area contributed by atoms with Crippen molar-refractivity contribution in [3.63, 3.8) is 0 Å². The van der Waals surface area contributed by atoms with E-state index in [1.807, 2.05) is 18.2 Å². The summed E-state index contributed by atoms with van der Waals surface area (Å²) in [6.45, 7) is 5.89. The minimum atomic E-state index is -0.410. The number of benzene rings is 1. The van der Waals surface area contributed by atoms with Crippen LogP contribution in [-0.2, 0) is 4.74 Å². The number of rotatable bonds is 7. The van der Waals surface area contributed by atoms with Gasteiger partial charge in [0.2, 0.25) is 0 Å². The summed E-state index contributed by atoms with van der Waals surface area (Å²) in [7, 11) is 0. The molecule has 0 saturated carbocycles. The summed E-state index contributed by atoms with van der Waals surface area (Å²) >= 11 is 2.78. The van der Waals surface area contributed by atoms with Crippen molar-refractivity contribution in [3.8, 4) is 0 Å². The second-order valence-electron chi connectivity index (χ2n) is 4.95. The molecule has 0 spiro atoms. The average molecular weight is 364 g/mol. The third-order valence-electron chi connectivity index (χ3n) is 3.07. The van der Waals surface area contributed by atoms with Gasteiger partial charge in [0.25, 0.3) is 5.91 Å². The Hall–Kier alpha value is -1.86. The fourth-order valence-electron chi connectivity index (χ4n) is 1.99. The molecule has 2 aromatic rings. The molecule has 1 aromatic carbocycles. The van der Waals surface area contributed by atoms with Crippen LogP contribution in [0.25, 0.3) is 0 Å². The smallest absolute Gasteiger partial charge is 0.350 e. The van der Waals surface area contributed by atoms with E-state index in [9.17, 15) is 9.59 Å². The number of ether oxygens (including phenoxy) is 1. The summed E-state index contributed by atoms with van der Waals surface area (Å²) in [5.41, 5.74) is 1.17. The standard InChI is InChI=1S/C17H20N2O3S2/c1-4-10-23-13-9-7-6-8-12(13)15(20)19-17-18-11(3)14(24-17)16(21)22-5-2/h6-9H,4-5,10H2,1-3H3,(H,18,19,20). The first-order valence-corrected chi connectivity index (χ1v) is 9.54. The summed E-state index contributed by atoms with van der Waals surface area (Å²) in [6, 6.07) is 7.48. The number of amides is 1. The van der Waals surface area contributed by atoms with E-state index in [0.717, 1.165) is 28.4 Å². The van der Waals surface area contributed by atoms with Crippen LogP contribution in [0, 0.1) is 6.92 Å². The second kappa shape index (κ2) is 8.84. The quantitative estimate of drug-likeness (QED) is 0.583. The van der Waals surface area contributed by atoms with Gasteiger partial charge in [0.05, 0.1) is 17.9 Å². The van der Waals surface area contributed by atoms with Crippen LogP contribution in [0.15, 0.2) is 29.2 Å². The molecular weight excluding hydrogens is 344 g/mol. The van der Waals surface area contributed by atoms with Crippen LogP contribution in [0.2, 0.25) is 0 Å². The highest BCUT2D eigenvalue weighted by molar-refractivity contribution is 7.99. The van der Waals surface area contributed by atoms with Crippen molar-refractivity contribution < 1.29 is 14.3 Å². The van der Waals surface area contributed by atoms with Gasteiger partial charge in [-0.3, -0.25) is 10.1 Å². The lowest BCUT2D eigenvalue weighted by molar-refractivity contribution is 0.0531. The topological polar surface area (TPSA) is 68.3 Å². The molecule has 0 aliphatic rings. The Kier molecular flexibility index (Phi) is 6.81. The van der Waals surface area contributed by atoms with Crippen molar-refractivity contribution in [1.82, 2.24) is 4.98 Å². The maximum Gasteiger partial charge on any atom is 0.350 e. The molecule has 0 atom stereocenters. The Balaban J connectivity index is 2.16. The summed E-state index contributed by atoms with van der Waals surface area (Å²) in [4.78, 5) is 30.0. The first-order valence-electron chi connectivity index (χ1n) is 7.74. The minimum Gasteiger partial charge on any atom is -0.462 e. The highest BCUT2D eigenvalue weighted by atomic mass is 32.2. The molecule has 7 heteroatoms. The number of anilines is 1. The van der Waals surface area contributed by atoms with Gasteiger partial charge in [-0.2, -0.15) is 0 Å². The number of esters is 1. The predicted molar refractivity (Wildman–Crippen MR) is 98.2 cm³/mol. The number of carbonyl (C=O) groups is 2. The van der Waals surface area contributed by atoms with Gasteiger partial charge < -0.3 is 4.74 Å². The molecule has 1 amide bonds. The van der Waals surface area contributed by atoms with E-state index in [2.05, 4.69) is 17.2 Å². The summed E-state index contributed by atoms with van der Waals surface area (Å²) in [6.07, 6.45) is 1.04. The highest BCUT2D eigenvalue weighted by Crippen LogP contribution is 2.27. The second-order valence-corrected chi connectivity index (χ2v) is 7.09. The molecule has 0 radical (unpaired) electrons. The normalized spacial score (nSPS) is 10.5. The van der Waals surface area contributed by atoms with Crippen LogP contribution in [-0.4, -0.2) is 29.2 Å². The summed E-state index contributed by atoms with van der Waals surface area (Å²) in [5.74, 6) is 0.318. The third kappa shape index (κ3) is 4.58. The molecule has 24 heavy (non-hydrogen) atoms. The van der Waals surface area contributed by atoms with Gasteiger partial charge in [-0.05, 0) is 38.2 Å². The third-order valence-corrected chi connectivity index (χ3v) is 5.40. The fraction of sp³-hybridized carbons (Fsp3) is 0.353. The van der Waals surface area contributed by atoms with Crippen LogP contribution < -0.4 is 5.32 Å². The lowest BCUT2D eigenvalue weighted by Crippen LogP contribution is -2.12. The maximum absolute atomic E-state index is 12.5. The van der Waals surface area contributed by atoms with Crippen molar-refractivity contribution >= 4 is 40.1 Å². The van der Waals surface area contributed by atoms with Crippen molar-refractivity contribution in [2.45, 2.75) is 32.1 Å². The summed E-state index contributed by atoms with van der Waals surface area (Å²) < 4.78 is 4.99. The number of aryl methyl sites for hydroxylation is 1. The molecule has 2 rings (SSSR count). The van der Waals surface area contributed by atoms with Gasteiger partial charge in [0, 0.05) is 4.90 Å². The van der Waals surface area contributed by atoms with Crippen LogP contribution in [0.5, 0.6) is 0 Å². The van der Waals surface area contributed by atoms with Crippen LogP contribution in [0.1, 0.15) is 46.0 Å². The van der Waals surface area contributed by atoms with Gasteiger partial charge in [0.15, 0.2) is 5.13 Å². The lowest BCUT2D eigenvalue weighted by atomic mass is 10.2. The van der Waals surface area contributed by atoms with Gasteiger partial charge in [-0.1, -0.05) is 30.4 Å². The lowest BCUT2D eigenvalue weighted by Gasteiger charge is -2.07. The van der Waals surface area contributed by atoms with E-state index in [1.54, 1.807) is 31.7 Å². The molecule has 0 bridgehead atoms. The Morgan fingerprint density at radius 2 is 2.04 bits per heavy atom. The first-order chi connectivity index (χ1) is 11.6. The Bertz CT molecular complexity index is 728. The van der Waals surface area contributed by atoms with E-state index < -0.39 is 5.97 Å². The number of nitrogens with zero attached hydrogens (tertiary/aromatic N) is 1. The Morgan fingerprint density at radius 3 is 2.75 bits per heavy atom. The molecular formula is C17H20N2O3S2. The van der Waals surface area contributed by atoms with Gasteiger partial charge in [-0.25, -0.2) is 9.78 Å². The number of thiazole rings is 1. The van der Waals surface area contributed by atoms with Gasteiger partial charge in [-0.15, -0.1) is 11.8 Å². The maximum atomic E-state index is 12.5. The first kappa shape index (κ1) is 18.5. The molecule has 0 saturated heterocycles. The van der Waals surface area contributed by atoms with Crippen molar-refractivity contribution in [2.24, 2.45) is 0 Å². The van der Waals surface area contributed by atoms with Crippen LogP contribution >= 0.6 is 23.1 Å². The Labute approximate surface area is 149 Å². The largest absolute Gasteiger partial charge is 0.462 e. The molecule has 1 heterocycles. The summed E-state index contributed by atoms with van der Waals surface area (Å²) in [5, 5.41) is 3.18. The molecule has 0 unspecified atom stereocenters. The minimum absolute atomic E-state index is 0.224.